The van der Waals surface area contributed by atoms with Gasteiger partial charge in [0, 0.05) is 30.6 Å². The van der Waals surface area contributed by atoms with Gasteiger partial charge in [0.05, 0.1) is 11.2 Å². The molecule has 3 unspecified atom stereocenters. The molecule has 2 aromatic heterocycles. The van der Waals surface area contributed by atoms with Crippen molar-refractivity contribution in [1.29, 1.82) is 0 Å². The van der Waals surface area contributed by atoms with Gasteiger partial charge in [0.1, 0.15) is 17.6 Å². The molecule has 2 heterocycles. The van der Waals surface area contributed by atoms with Gasteiger partial charge >= 0.3 is 6.09 Å². The molecule has 12 heteroatoms. The van der Waals surface area contributed by atoms with Crippen LogP contribution in [0, 0.1) is 11.8 Å². The molecule has 0 aliphatic heterocycles. The van der Waals surface area contributed by atoms with Gasteiger partial charge in [-0.15, -0.1) is 5.10 Å². The maximum absolute atomic E-state index is 13.1. The van der Waals surface area contributed by atoms with Crippen molar-refractivity contribution in [1.82, 2.24) is 24.9 Å². The third-order valence-electron chi connectivity index (χ3n) is 7.94. The molecule has 10 nitrogen and oxygen atoms in total. The minimum Gasteiger partial charge on any atom is -0.471 e. The summed E-state index contributed by atoms with van der Waals surface area (Å²) in [5, 5.41) is 14.8. The second-order valence-corrected chi connectivity index (χ2v) is 12.2. The predicted molar refractivity (Wildman–Crippen MR) is 134 cm³/mol. The molecule has 0 aromatic carbocycles. The van der Waals surface area contributed by atoms with E-state index in [-0.39, 0.29) is 41.1 Å². The average Bonchev–Trinajstić information content (AvgIpc) is 3.45. The van der Waals surface area contributed by atoms with Crippen LogP contribution in [0.25, 0.3) is 0 Å². The van der Waals surface area contributed by atoms with Gasteiger partial charge in [0.25, 0.3) is 12.3 Å². The van der Waals surface area contributed by atoms with Crippen molar-refractivity contribution < 1.29 is 27.8 Å². The Morgan fingerprint density at radius 1 is 1.18 bits per heavy atom. The molecular formula is C26H36F2N6O4. The van der Waals surface area contributed by atoms with Gasteiger partial charge in [0.2, 0.25) is 5.88 Å². The van der Waals surface area contributed by atoms with Crippen LogP contribution < -0.4 is 15.4 Å². The topological polar surface area (TPSA) is 112 Å². The molecule has 4 aliphatic carbocycles. The molecule has 208 valence electrons. The van der Waals surface area contributed by atoms with Gasteiger partial charge in [-0.1, -0.05) is 6.92 Å². The summed E-state index contributed by atoms with van der Waals surface area (Å²) in [5.74, 6) is 1.02. The molecule has 4 fully saturated rings. The molecule has 0 radical (unpaired) electrons. The number of aryl methyl sites for hydroxylation is 1. The molecule has 6 rings (SSSR count). The number of alkyl carbamates (subject to hydrolysis) is 1. The Balaban J connectivity index is 1.27. The van der Waals surface area contributed by atoms with Gasteiger partial charge in [-0.3, -0.25) is 9.48 Å². The van der Waals surface area contributed by atoms with E-state index in [0.717, 1.165) is 37.3 Å². The molecule has 2 N–H and O–H groups in total. The van der Waals surface area contributed by atoms with E-state index in [0.29, 0.717) is 12.2 Å². The van der Waals surface area contributed by atoms with Gasteiger partial charge in [-0.2, -0.15) is 5.10 Å². The average molecular weight is 535 g/mol. The van der Waals surface area contributed by atoms with E-state index in [1.807, 2.05) is 26.8 Å². The second-order valence-electron chi connectivity index (χ2n) is 12.2. The highest BCUT2D eigenvalue weighted by Crippen LogP contribution is 2.57. The highest BCUT2D eigenvalue weighted by Gasteiger charge is 2.57. The molecule has 38 heavy (non-hydrogen) atoms. The fourth-order valence-corrected chi connectivity index (χ4v) is 5.88. The number of rotatable bonds is 8. The maximum Gasteiger partial charge on any atom is 0.407 e. The van der Waals surface area contributed by atoms with Crippen LogP contribution in [-0.4, -0.2) is 56.2 Å². The number of alkyl halides is 2. The largest absolute Gasteiger partial charge is 0.471 e. The molecule has 4 aliphatic rings. The van der Waals surface area contributed by atoms with Gasteiger partial charge < -0.3 is 20.1 Å². The lowest BCUT2D eigenvalue weighted by molar-refractivity contribution is -0.0520. The van der Waals surface area contributed by atoms with Crippen molar-refractivity contribution in [2.75, 3.05) is 11.9 Å². The SMILES string of the molecule is CC1CC(c2cc(NC(=O)c3cc(OCC(F)F)nn3C)n(C(C)(C)C)n2)CC1OC(=O)NC12CC(C1)C2. The first kappa shape index (κ1) is 26.4. The van der Waals surface area contributed by atoms with Crippen LogP contribution in [0.5, 0.6) is 5.88 Å². The van der Waals surface area contributed by atoms with Crippen LogP contribution in [0.2, 0.25) is 0 Å². The number of nitrogens with zero attached hydrogens (tertiary/aromatic N) is 4. The van der Waals surface area contributed by atoms with E-state index in [1.165, 1.54) is 10.7 Å². The standard InChI is InChI=1S/C26H36F2N6O4/c1-14-6-16(7-19(14)38-24(36)30-26-10-15(11-26)12-26)17-8-21(34(31-17)25(2,3)4)29-23(35)18-9-22(32-33(18)5)37-13-20(27)28/h8-9,14-16,19-20H,6-7,10-13H2,1-5H3,(H,29,35)(H,30,36). The zero-order valence-corrected chi connectivity index (χ0v) is 22.5. The molecule has 2 amide bonds. The van der Waals surface area contributed by atoms with Crippen LogP contribution in [0.4, 0.5) is 19.4 Å². The molecule has 2 bridgehead atoms. The first-order valence-corrected chi connectivity index (χ1v) is 13.2. The number of halogens is 2. The van der Waals surface area contributed by atoms with Crippen molar-refractivity contribution in [3.8, 4) is 5.88 Å². The summed E-state index contributed by atoms with van der Waals surface area (Å²) in [6.45, 7) is 7.23. The summed E-state index contributed by atoms with van der Waals surface area (Å²) in [5.41, 5.74) is 0.529. The van der Waals surface area contributed by atoms with Crippen LogP contribution in [0.1, 0.15) is 81.9 Å². The summed E-state index contributed by atoms with van der Waals surface area (Å²) in [7, 11) is 1.54. The molecule has 0 spiro atoms. The molecule has 0 saturated heterocycles. The van der Waals surface area contributed by atoms with Crippen molar-refractivity contribution in [3.63, 3.8) is 0 Å². The Bertz CT molecular complexity index is 1200. The van der Waals surface area contributed by atoms with E-state index in [4.69, 9.17) is 14.6 Å². The fraction of sp³-hybridized carbons (Fsp3) is 0.692. The predicted octanol–water partition coefficient (Wildman–Crippen LogP) is 4.43. The number of carbonyl (C=O) groups is 2. The first-order chi connectivity index (χ1) is 17.8. The number of anilines is 1. The minimum atomic E-state index is -2.64. The van der Waals surface area contributed by atoms with E-state index in [2.05, 4.69) is 22.7 Å². The quantitative estimate of drug-likeness (QED) is 0.518. The summed E-state index contributed by atoms with van der Waals surface area (Å²) in [6, 6.07) is 3.18. The number of hydrogen-bond acceptors (Lipinski definition) is 6. The van der Waals surface area contributed by atoms with E-state index in [9.17, 15) is 18.4 Å². The summed E-state index contributed by atoms with van der Waals surface area (Å²) in [4.78, 5) is 25.6. The van der Waals surface area contributed by atoms with Crippen molar-refractivity contribution in [2.24, 2.45) is 18.9 Å². The van der Waals surface area contributed by atoms with Crippen LogP contribution in [0.3, 0.4) is 0 Å². The zero-order valence-electron chi connectivity index (χ0n) is 22.5. The van der Waals surface area contributed by atoms with Gasteiger partial charge in [-0.05, 0) is 64.7 Å². The molecule has 3 atom stereocenters. The lowest BCUT2D eigenvalue weighted by atomic mass is 9.50. The van der Waals surface area contributed by atoms with Crippen LogP contribution in [-0.2, 0) is 17.3 Å². The first-order valence-electron chi connectivity index (χ1n) is 13.2. The Kier molecular flexibility index (Phi) is 6.63. The second kappa shape index (κ2) is 9.53. The lowest BCUT2D eigenvalue weighted by Gasteiger charge is -2.61. The Hall–Kier alpha value is -3.18. The molecule has 4 saturated carbocycles. The third-order valence-corrected chi connectivity index (χ3v) is 7.94. The van der Waals surface area contributed by atoms with Crippen molar-refractivity contribution >= 4 is 17.8 Å². The van der Waals surface area contributed by atoms with Crippen molar-refractivity contribution in [3.05, 3.63) is 23.5 Å². The highest BCUT2D eigenvalue weighted by molar-refractivity contribution is 6.02. The molecular weight excluding hydrogens is 498 g/mol. The van der Waals surface area contributed by atoms with Gasteiger partial charge in [-0.25, -0.2) is 18.3 Å². The maximum atomic E-state index is 13.1. The highest BCUT2D eigenvalue weighted by atomic mass is 19.3. The van der Waals surface area contributed by atoms with E-state index < -0.39 is 24.5 Å². The number of nitrogens with one attached hydrogen (secondary N) is 2. The number of carbonyl (C=O) groups excluding carboxylic acids is 2. The monoisotopic (exact) mass is 534 g/mol. The molecule has 2 aromatic rings. The minimum absolute atomic E-state index is 0.0226. The van der Waals surface area contributed by atoms with E-state index in [1.54, 1.807) is 11.7 Å². The summed E-state index contributed by atoms with van der Waals surface area (Å²) >= 11 is 0. The number of hydrogen-bond donors (Lipinski definition) is 2. The van der Waals surface area contributed by atoms with E-state index >= 15 is 0 Å². The number of ether oxygens (including phenoxy) is 2. The Morgan fingerprint density at radius 3 is 2.50 bits per heavy atom. The Labute approximate surface area is 220 Å². The summed E-state index contributed by atoms with van der Waals surface area (Å²) < 4.78 is 38.8. The Morgan fingerprint density at radius 2 is 1.89 bits per heavy atom. The van der Waals surface area contributed by atoms with Crippen LogP contribution >= 0.6 is 0 Å². The fourth-order valence-electron chi connectivity index (χ4n) is 5.88. The lowest BCUT2D eigenvalue weighted by Crippen LogP contribution is -2.68. The summed E-state index contributed by atoms with van der Waals surface area (Å²) in [6.07, 6.45) is 1.48. The normalized spacial score (nSPS) is 28.0. The van der Waals surface area contributed by atoms with Crippen LogP contribution in [0.15, 0.2) is 12.1 Å². The smallest absolute Gasteiger partial charge is 0.407 e. The van der Waals surface area contributed by atoms with Crippen molar-refractivity contribution in [2.45, 2.75) is 89.3 Å². The number of amides is 2. The number of aromatic nitrogens is 4. The zero-order chi connectivity index (χ0) is 27.4. The van der Waals surface area contributed by atoms with Gasteiger partial charge in [0.15, 0.2) is 6.61 Å². The third kappa shape index (κ3) is 5.22.